The summed E-state index contributed by atoms with van der Waals surface area (Å²) in [5, 5.41) is 0. The van der Waals surface area contributed by atoms with Crippen LogP contribution in [0.1, 0.15) is 0 Å². The number of rotatable bonds is 2. The lowest BCUT2D eigenvalue weighted by molar-refractivity contribution is 0.207. The molecule has 1 N–H and O–H groups in total. The van der Waals surface area contributed by atoms with Crippen molar-refractivity contribution in [3.63, 3.8) is 0 Å². The molecule has 0 aliphatic heterocycles. The van der Waals surface area contributed by atoms with Gasteiger partial charge in [0.1, 0.15) is 0 Å². The van der Waals surface area contributed by atoms with Gasteiger partial charge < -0.3 is 4.74 Å². The van der Waals surface area contributed by atoms with E-state index in [9.17, 15) is 13.2 Å². The maximum absolute atomic E-state index is 10.8. The number of amides is 1. The minimum absolute atomic E-state index is 0.116. The number of hydrogen-bond donors (Lipinski definition) is 1. The Bertz CT molecular complexity index is 419. The van der Waals surface area contributed by atoms with E-state index in [0.717, 1.165) is 0 Å². The Labute approximate surface area is 84.4 Å². The molecule has 0 aliphatic carbocycles. The molecule has 0 saturated heterocycles. The second-order valence-electron chi connectivity index (χ2n) is 2.12. The lowest BCUT2D eigenvalue weighted by atomic mass is 10.5. The van der Waals surface area contributed by atoms with Crippen molar-refractivity contribution in [3.05, 3.63) is 24.5 Å². The number of aromatic nitrogens is 1. The number of hydrogen-bond acceptors (Lipinski definition) is 5. The minimum Gasteiger partial charge on any atom is -0.408 e. The maximum atomic E-state index is 10.8. The first kappa shape index (κ1) is 10.7. The molecule has 0 atom stereocenters. The number of ether oxygens (including phenoxy) is 1. The predicted molar refractivity (Wildman–Crippen MR) is 48.2 cm³/mol. The molecule has 0 aromatic carbocycles. The molecule has 1 aromatic heterocycles. The van der Waals surface area contributed by atoms with Crippen LogP contribution < -0.4 is 9.46 Å². The zero-order chi connectivity index (χ0) is 10.6. The second kappa shape index (κ2) is 4.25. The van der Waals surface area contributed by atoms with E-state index in [-0.39, 0.29) is 5.75 Å². The number of pyridine rings is 1. The summed E-state index contributed by atoms with van der Waals surface area (Å²) >= 11 is 0. The summed E-state index contributed by atoms with van der Waals surface area (Å²) in [6.45, 7) is 0. The van der Waals surface area contributed by atoms with E-state index >= 15 is 0 Å². The summed E-state index contributed by atoms with van der Waals surface area (Å²) in [6.07, 6.45) is 1.54. The zero-order valence-corrected chi connectivity index (χ0v) is 8.25. The van der Waals surface area contributed by atoms with Crippen molar-refractivity contribution in [1.82, 2.24) is 9.71 Å². The molecule has 1 heterocycles. The molecular formula is C6H5ClN2O4S. The Morgan fingerprint density at radius 2 is 2.29 bits per heavy atom. The van der Waals surface area contributed by atoms with Crippen LogP contribution in [0, 0.1) is 0 Å². The average Bonchev–Trinajstić information content (AvgIpc) is 2.02. The zero-order valence-electron chi connectivity index (χ0n) is 6.68. The lowest BCUT2D eigenvalue weighted by Gasteiger charge is -2.02. The van der Waals surface area contributed by atoms with Crippen LogP contribution in [0.3, 0.4) is 0 Å². The molecule has 0 saturated carbocycles. The van der Waals surface area contributed by atoms with Crippen molar-refractivity contribution in [2.75, 3.05) is 0 Å². The third kappa shape index (κ3) is 4.06. The third-order valence-electron chi connectivity index (χ3n) is 1.05. The highest BCUT2D eigenvalue weighted by Gasteiger charge is 2.12. The van der Waals surface area contributed by atoms with E-state index in [1.165, 1.54) is 29.2 Å². The van der Waals surface area contributed by atoms with Crippen molar-refractivity contribution < 1.29 is 17.9 Å². The predicted octanol–water partition coefficient (Wildman–Crippen LogP) is 0.654. The molecule has 0 radical (unpaired) electrons. The van der Waals surface area contributed by atoms with Crippen LogP contribution in [0.25, 0.3) is 0 Å². The summed E-state index contributed by atoms with van der Waals surface area (Å²) in [4.78, 5) is 14.5. The van der Waals surface area contributed by atoms with Gasteiger partial charge in [0.05, 0.1) is 6.20 Å². The van der Waals surface area contributed by atoms with Crippen LogP contribution in [0.15, 0.2) is 24.5 Å². The Morgan fingerprint density at radius 3 is 2.79 bits per heavy atom. The van der Waals surface area contributed by atoms with E-state index in [0.29, 0.717) is 0 Å². The molecule has 0 bridgehead atoms. The molecule has 8 heteroatoms. The monoisotopic (exact) mass is 236 g/mol. The van der Waals surface area contributed by atoms with Gasteiger partial charge in [0.15, 0.2) is 5.75 Å². The summed E-state index contributed by atoms with van der Waals surface area (Å²) in [7, 11) is 0.623. The molecule has 0 aliphatic rings. The molecule has 6 nitrogen and oxygen atoms in total. The van der Waals surface area contributed by atoms with Gasteiger partial charge in [0.25, 0.3) is 0 Å². The van der Waals surface area contributed by atoms with Crippen molar-refractivity contribution in [2.24, 2.45) is 0 Å². The maximum Gasteiger partial charge on any atom is 0.427 e. The largest absolute Gasteiger partial charge is 0.427 e. The van der Waals surface area contributed by atoms with Gasteiger partial charge >= 0.3 is 15.3 Å². The summed E-state index contributed by atoms with van der Waals surface area (Å²) < 4.78 is 26.7. The van der Waals surface area contributed by atoms with Gasteiger partial charge in [0.2, 0.25) is 0 Å². The first-order valence-corrected chi connectivity index (χ1v) is 5.62. The Morgan fingerprint density at radius 1 is 1.57 bits per heavy atom. The third-order valence-corrected chi connectivity index (χ3v) is 1.69. The van der Waals surface area contributed by atoms with Gasteiger partial charge in [0, 0.05) is 16.9 Å². The standard InChI is InChI=1S/C6H5ClN2O4S/c7-14(11,12)9-6(10)13-5-2-1-3-8-4-5/h1-4H,(H,9,10). The van der Waals surface area contributed by atoms with Gasteiger partial charge in [-0.1, -0.05) is 0 Å². The van der Waals surface area contributed by atoms with Gasteiger partial charge in [-0.05, 0) is 12.1 Å². The fraction of sp³-hybridized carbons (Fsp3) is 0. The van der Waals surface area contributed by atoms with Crippen LogP contribution in [-0.4, -0.2) is 19.5 Å². The highest BCUT2D eigenvalue weighted by molar-refractivity contribution is 8.12. The summed E-state index contributed by atoms with van der Waals surface area (Å²) in [5.41, 5.74) is 0. The SMILES string of the molecule is O=C(NS(=O)(=O)Cl)Oc1cccnc1. The molecule has 14 heavy (non-hydrogen) atoms. The molecular weight excluding hydrogens is 232 g/mol. The normalized spacial score (nSPS) is 10.6. The number of carbonyl (C=O) groups excluding carboxylic acids is 1. The molecule has 1 rings (SSSR count). The summed E-state index contributed by atoms with van der Waals surface area (Å²) in [6, 6.07) is 2.96. The van der Waals surface area contributed by atoms with E-state index in [1.807, 2.05) is 0 Å². The van der Waals surface area contributed by atoms with Crippen LogP contribution in [0.4, 0.5) is 4.79 Å². The van der Waals surface area contributed by atoms with Crippen molar-refractivity contribution >= 4 is 26.0 Å². The molecule has 0 spiro atoms. The van der Waals surface area contributed by atoms with E-state index < -0.39 is 15.3 Å². The molecule has 76 valence electrons. The topological polar surface area (TPSA) is 85.4 Å². The fourth-order valence-electron chi connectivity index (χ4n) is 0.635. The van der Waals surface area contributed by atoms with Crippen molar-refractivity contribution in [3.8, 4) is 5.75 Å². The molecule has 1 aromatic rings. The first-order valence-electron chi connectivity index (χ1n) is 3.31. The van der Waals surface area contributed by atoms with Crippen molar-refractivity contribution in [1.29, 1.82) is 0 Å². The van der Waals surface area contributed by atoms with Crippen LogP contribution >= 0.6 is 10.7 Å². The summed E-state index contributed by atoms with van der Waals surface area (Å²) in [5.74, 6) is 0.116. The molecule has 0 unspecified atom stereocenters. The van der Waals surface area contributed by atoms with Crippen molar-refractivity contribution in [2.45, 2.75) is 0 Å². The quantitative estimate of drug-likeness (QED) is 0.762. The van der Waals surface area contributed by atoms with Crippen LogP contribution in [0.5, 0.6) is 5.75 Å². The van der Waals surface area contributed by atoms with E-state index in [2.05, 4.69) is 9.72 Å². The van der Waals surface area contributed by atoms with Gasteiger partial charge in [-0.3, -0.25) is 4.98 Å². The number of carbonyl (C=O) groups is 1. The average molecular weight is 237 g/mol. The van der Waals surface area contributed by atoms with Gasteiger partial charge in [-0.2, -0.15) is 8.42 Å². The Hall–Kier alpha value is -1.34. The van der Waals surface area contributed by atoms with Crippen LogP contribution in [0.2, 0.25) is 0 Å². The first-order chi connectivity index (χ1) is 6.47. The number of halogens is 1. The van der Waals surface area contributed by atoms with Gasteiger partial charge in [-0.15, -0.1) is 0 Å². The highest BCUT2D eigenvalue weighted by Crippen LogP contribution is 2.06. The number of nitrogens with one attached hydrogen (secondary N) is 1. The smallest absolute Gasteiger partial charge is 0.408 e. The number of nitrogens with zero attached hydrogens (tertiary/aromatic N) is 1. The fourth-order valence-corrected chi connectivity index (χ4v) is 1.06. The van der Waals surface area contributed by atoms with Gasteiger partial charge in [-0.25, -0.2) is 9.52 Å². The second-order valence-corrected chi connectivity index (χ2v) is 4.42. The molecule has 0 fully saturated rings. The molecule has 1 amide bonds. The highest BCUT2D eigenvalue weighted by atomic mass is 35.7. The Balaban J connectivity index is 2.59. The minimum atomic E-state index is -4.12. The lowest BCUT2D eigenvalue weighted by Crippen LogP contribution is -2.29. The van der Waals surface area contributed by atoms with E-state index in [1.54, 1.807) is 0 Å². The van der Waals surface area contributed by atoms with E-state index in [4.69, 9.17) is 10.7 Å². The Kier molecular flexibility index (Phi) is 3.26. The van der Waals surface area contributed by atoms with Crippen LogP contribution in [-0.2, 0) is 9.24 Å².